The van der Waals surface area contributed by atoms with Gasteiger partial charge < -0.3 is 14.2 Å². The van der Waals surface area contributed by atoms with E-state index in [4.69, 9.17) is 4.42 Å². The highest BCUT2D eigenvalue weighted by Gasteiger charge is 2.61. The summed E-state index contributed by atoms with van der Waals surface area (Å²) in [6, 6.07) is 3.66. The first-order chi connectivity index (χ1) is 11.7. The minimum atomic E-state index is -0.396. The summed E-state index contributed by atoms with van der Waals surface area (Å²) < 4.78 is 5.32. The highest BCUT2D eigenvalue weighted by atomic mass is 32.2. The van der Waals surface area contributed by atoms with E-state index in [0.29, 0.717) is 5.76 Å². The van der Waals surface area contributed by atoms with E-state index in [0.717, 1.165) is 50.3 Å². The monoisotopic (exact) mass is 348 g/mol. The zero-order valence-corrected chi connectivity index (χ0v) is 14.9. The van der Waals surface area contributed by atoms with Crippen molar-refractivity contribution in [1.29, 1.82) is 0 Å². The maximum Gasteiger partial charge on any atom is 0.290 e. The summed E-state index contributed by atoms with van der Waals surface area (Å²) >= 11 is 1.91. The van der Waals surface area contributed by atoms with Crippen molar-refractivity contribution in [2.75, 3.05) is 24.6 Å². The predicted octanol–water partition coefficient (Wildman–Crippen LogP) is 2.63. The quantitative estimate of drug-likeness (QED) is 0.843. The average molecular weight is 348 g/mol. The number of thioether (sulfide) groups is 1. The smallest absolute Gasteiger partial charge is 0.290 e. The van der Waals surface area contributed by atoms with E-state index < -0.39 is 5.41 Å². The third-order valence-electron chi connectivity index (χ3n) is 6.06. The lowest BCUT2D eigenvalue weighted by Crippen LogP contribution is -2.53. The number of carbonyl (C=O) groups excluding carboxylic acids is 2. The molecule has 2 bridgehead atoms. The van der Waals surface area contributed by atoms with Crippen LogP contribution < -0.4 is 0 Å². The lowest BCUT2D eigenvalue weighted by Gasteiger charge is -2.40. The fourth-order valence-corrected chi connectivity index (χ4v) is 5.76. The normalized spacial score (nSPS) is 32.4. The Morgan fingerprint density at radius 3 is 2.79 bits per heavy atom. The predicted molar refractivity (Wildman–Crippen MR) is 92.9 cm³/mol. The molecular weight excluding hydrogens is 324 g/mol. The molecule has 6 heteroatoms. The molecule has 0 saturated carbocycles. The van der Waals surface area contributed by atoms with Gasteiger partial charge in [0.15, 0.2) is 5.76 Å². The molecule has 1 aromatic rings. The van der Waals surface area contributed by atoms with Crippen LogP contribution in [0.3, 0.4) is 0 Å². The Morgan fingerprint density at radius 1 is 1.33 bits per heavy atom. The summed E-state index contributed by atoms with van der Waals surface area (Å²) in [5, 5.41) is 0. The minimum absolute atomic E-state index is 0.0205. The van der Waals surface area contributed by atoms with Crippen molar-refractivity contribution in [1.82, 2.24) is 9.80 Å². The van der Waals surface area contributed by atoms with Crippen LogP contribution in [-0.2, 0) is 4.79 Å². The number of carbonyl (C=O) groups is 2. The maximum absolute atomic E-state index is 13.4. The number of hydrogen-bond donors (Lipinski definition) is 0. The van der Waals surface area contributed by atoms with E-state index in [2.05, 4.69) is 6.92 Å². The van der Waals surface area contributed by atoms with E-state index in [1.165, 1.54) is 6.26 Å². The van der Waals surface area contributed by atoms with Crippen molar-refractivity contribution in [2.45, 2.75) is 44.7 Å². The molecule has 3 fully saturated rings. The molecule has 0 N–H and O–H groups in total. The lowest BCUT2D eigenvalue weighted by atomic mass is 9.70. The molecule has 130 valence electrons. The largest absolute Gasteiger partial charge is 0.459 e. The van der Waals surface area contributed by atoms with Gasteiger partial charge in [0.25, 0.3) is 5.91 Å². The number of furan rings is 1. The van der Waals surface area contributed by atoms with Crippen molar-refractivity contribution in [3.8, 4) is 0 Å². The molecule has 0 unspecified atom stereocenters. The highest BCUT2D eigenvalue weighted by molar-refractivity contribution is 7.99. The van der Waals surface area contributed by atoms with Crippen LogP contribution in [0.4, 0.5) is 0 Å². The molecular formula is C18H24N2O3S. The molecule has 3 aliphatic heterocycles. The summed E-state index contributed by atoms with van der Waals surface area (Å²) in [4.78, 5) is 30.2. The van der Waals surface area contributed by atoms with Crippen molar-refractivity contribution < 1.29 is 14.0 Å². The molecule has 3 aliphatic rings. The van der Waals surface area contributed by atoms with Gasteiger partial charge in [-0.2, -0.15) is 11.8 Å². The Hall–Kier alpha value is -1.43. The van der Waals surface area contributed by atoms with Gasteiger partial charge in [0.1, 0.15) is 0 Å². The van der Waals surface area contributed by atoms with E-state index in [1.807, 2.05) is 21.6 Å². The van der Waals surface area contributed by atoms with Crippen molar-refractivity contribution in [2.24, 2.45) is 5.41 Å². The van der Waals surface area contributed by atoms with Crippen LogP contribution in [0.1, 0.15) is 43.2 Å². The molecule has 5 nitrogen and oxygen atoms in total. The van der Waals surface area contributed by atoms with Gasteiger partial charge in [-0.1, -0.05) is 6.92 Å². The van der Waals surface area contributed by atoms with Gasteiger partial charge >= 0.3 is 0 Å². The Morgan fingerprint density at radius 2 is 2.12 bits per heavy atom. The fraction of sp³-hybridized carbons (Fsp3) is 0.667. The summed E-state index contributed by atoms with van der Waals surface area (Å²) in [7, 11) is 0. The Labute approximate surface area is 146 Å². The standard InChI is InChI=1S/C18H24N2O3S/c1-2-18(17(22)19-7-10-24-11-8-19)12-13-5-6-15(18)20(13)16(21)14-4-3-9-23-14/h3-4,9,13,15H,2,5-8,10-12H2,1H3/t13-,15+,18+/m0/s1. The Balaban J connectivity index is 1.61. The number of fused-ring (bicyclic) bond motifs is 2. The van der Waals surface area contributed by atoms with Crippen LogP contribution >= 0.6 is 11.8 Å². The van der Waals surface area contributed by atoms with E-state index in [1.54, 1.807) is 12.1 Å². The van der Waals surface area contributed by atoms with Crippen LogP contribution in [0.2, 0.25) is 0 Å². The SMILES string of the molecule is CC[C@@]1(C(=O)N2CCSCC2)C[C@@H]2CC[C@H]1N2C(=O)c1ccco1. The average Bonchev–Trinajstić information content (AvgIpc) is 3.36. The molecule has 1 aromatic heterocycles. The summed E-state index contributed by atoms with van der Waals surface area (Å²) in [5.41, 5.74) is -0.396. The van der Waals surface area contributed by atoms with Crippen molar-refractivity contribution in [3.63, 3.8) is 0 Å². The van der Waals surface area contributed by atoms with Gasteiger partial charge in [-0.25, -0.2) is 0 Å². The van der Waals surface area contributed by atoms with Crippen LogP contribution in [0.25, 0.3) is 0 Å². The molecule has 0 radical (unpaired) electrons. The third kappa shape index (κ3) is 2.30. The number of amides is 2. The number of rotatable bonds is 3. The summed E-state index contributed by atoms with van der Waals surface area (Å²) in [6.45, 7) is 3.79. The first-order valence-corrected chi connectivity index (χ1v) is 10.1. The van der Waals surface area contributed by atoms with Crippen molar-refractivity contribution >= 4 is 23.6 Å². The summed E-state index contributed by atoms with van der Waals surface area (Å²) in [5.74, 6) is 2.66. The van der Waals surface area contributed by atoms with E-state index >= 15 is 0 Å². The van der Waals surface area contributed by atoms with Crippen LogP contribution in [0.15, 0.2) is 22.8 Å². The second-order valence-corrected chi connectivity index (χ2v) is 8.28. The topological polar surface area (TPSA) is 53.8 Å². The Kier molecular flexibility index (Phi) is 4.11. The number of nitrogens with zero attached hydrogens (tertiary/aromatic N) is 2. The van der Waals surface area contributed by atoms with Crippen molar-refractivity contribution in [3.05, 3.63) is 24.2 Å². The van der Waals surface area contributed by atoms with Gasteiger partial charge in [-0.3, -0.25) is 9.59 Å². The van der Waals surface area contributed by atoms with Gasteiger partial charge in [0.05, 0.1) is 11.7 Å². The second kappa shape index (κ2) is 6.14. The highest BCUT2D eigenvalue weighted by Crippen LogP contribution is 2.53. The minimum Gasteiger partial charge on any atom is -0.459 e. The molecule has 0 spiro atoms. The fourth-order valence-electron chi connectivity index (χ4n) is 4.86. The first kappa shape index (κ1) is 16.1. The molecule has 24 heavy (non-hydrogen) atoms. The van der Waals surface area contributed by atoms with E-state index in [-0.39, 0.29) is 23.9 Å². The number of hydrogen-bond acceptors (Lipinski definition) is 4. The van der Waals surface area contributed by atoms with Gasteiger partial charge in [-0.15, -0.1) is 0 Å². The molecule has 0 aromatic carbocycles. The van der Waals surface area contributed by atoms with E-state index in [9.17, 15) is 9.59 Å². The van der Waals surface area contributed by atoms with Crippen LogP contribution in [0, 0.1) is 5.41 Å². The molecule has 4 rings (SSSR count). The molecule has 3 saturated heterocycles. The molecule has 0 aliphatic carbocycles. The van der Waals surface area contributed by atoms with Gasteiger partial charge in [0.2, 0.25) is 5.91 Å². The maximum atomic E-state index is 13.4. The molecule has 3 atom stereocenters. The third-order valence-corrected chi connectivity index (χ3v) is 7.00. The van der Waals surface area contributed by atoms with Crippen LogP contribution in [0.5, 0.6) is 0 Å². The molecule has 4 heterocycles. The zero-order valence-electron chi connectivity index (χ0n) is 14.1. The molecule has 2 amide bonds. The second-order valence-electron chi connectivity index (χ2n) is 7.06. The van der Waals surface area contributed by atoms with Crippen LogP contribution in [-0.4, -0.2) is 58.3 Å². The first-order valence-electron chi connectivity index (χ1n) is 8.90. The van der Waals surface area contributed by atoms with Gasteiger partial charge in [0, 0.05) is 36.7 Å². The summed E-state index contributed by atoms with van der Waals surface area (Å²) in [6.07, 6.45) is 5.08. The lowest BCUT2D eigenvalue weighted by molar-refractivity contribution is -0.143. The van der Waals surface area contributed by atoms with Gasteiger partial charge in [-0.05, 0) is 37.8 Å². The zero-order chi connectivity index (χ0) is 16.7. The Bertz CT molecular complexity index is 626.